The van der Waals surface area contributed by atoms with E-state index < -0.39 is 0 Å². The van der Waals surface area contributed by atoms with Crippen molar-refractivity contribution in [3.8, 4) is 0 Å². The molecule has 0 amide bonds. The van der Waals surface area contributed by atoms with E-state index in [1.807, 2.05) is 24.3 Å². The van der Waals surface area contributed by atoms with Gasteiger partial charge in [-0.05, 0) is 0 Å². The number of allylic oxidation sites excluding steroid dienone is 4. The Bertz CT molecular complexity index is 169. The summed E-state index contributed by atoms with van der Waals surface area (Å²) in [4.78, 5) is 0. The van der Waals surface area contributed by atoms with Crippen molar-refractivity contribution in [3.63, 3.8) is 0 Å². The van der Waals surface area contributed by atoms with E-state index in [9.17, 15) is 0 Å². The van der Waals surface area contributed by atoms with Crippen molar-refractivity contribution in [1.29, 1.82) is 0 Å². The van der Waals surface area contributed by atoms with Gasteiger partial charge in [0.15, 0.2) is 0 Å². The molecular weight excluding hydrogens is 112 g/mol. The Morgan fingerprint density at radius 3 is 1.89 bits per heavy atom. The van der Waals surface area contributed by atoms with Crippen molar-refractivity contribution in [2.75, 3.05) is 0 Å². The molecule has 1 nitrogen and oxygen atoms in total. The van der Waals surface area contributed by atoms with Gasteiger partial charge in [0.05, 0.1) is 0 Å². The fourth-order valence-electron chi connectivity index (χ4n) is 0.921. The molecule has 0 unspecified atom stereocenters. The van der Waals surface area contributed by atoms with E-state index in [0.29, 0.717) is 12.2 Å². The lowest BCUT2D eigenvalue weighted by Gasteiger charge is -1.80. The lowest BCUT2D eigenvalue weighted by Crippen LogP contribution is -1.84. The largest absolute Gasteiger partial charge is 0.361 e. The summed E-state index contributed by atoms with van der Waals surface area (Å²) in [5.74, 6) is 0. The average Bonchev–Trinajstić information content (AvgIpc) is 2.46. The summed E-state index contributed by atoms with van der Waals surface area (Å²) < 4.78 is 5.22. The molecule has 0 bridgehead atoms. The van der Waals surface area contributed by atoms with E-state index >= 15 is 0 Å². The van der Waals surface area contributed by atoms with Crippen molar-refractivity contribution in [2.45, 2.75) is 12.2 Å². The summed E-state index contributed by atoms with van der Waals surface area (Å²) in [5.41, 5.74) is 0. The van der Waals surface area contributed by atoms with Crippen molar-refractivity contribution in [3.05, 3.63) is 36.5 Å². The van der Waals surface area contributed by atoms with Gasteiger partial charge in [-0.3, -0.25) is 0 Å². The second-order valence-corrected chi connectivity index (χ2v) is 2.22. The minimum atomic E-state index is 0.367. The van der Waals surface area contributed by atoms with Crippen LogP contribution in [0.2, 0.25) is 0 Å². The Morgan fingerprint density at radius 1 is 0.778 bits per heavy atom. The molecule has 9 heavy (non-hydrogen) atoms. The molecule has 1 fully saturated rings. The number of rotatable bonds is 0. The highest BCUT2D eigenvalue weighted by Crippen LogP contribution is 2.25. The quantitative estimate of drug-likeness (QED) is 0.440. The molecule has 0 N–H and O–H groups in total. The molecule has 2 rings (SSSR count). The van der Waals surface area contributed by atoms with E-state index in [1.54, 1.807) is 0 Å². The molecule has 0 radical (unpaired) electrons. The Kier molecular flexibility index (Phi) is 1.03. The van der Waals surface area contributed by atoms with Crippen molar-refractivity contribution in [1.82, 2.24) is 0 Å². The number of epoxide rings is 1. The molecular formula is C8H8O. The molecule has 0 saturated carbocycles. The predicted molar refractivity (Wildman–Crippen MR) is 36.1 cm³/mol. The fourth-order valence-corrected chi connectivity index (χ4v) is 0.921. The maximum Gasteiger partial charge on any atom is 0.107 e. The van der Waals surface area contributed by atoms with Gasteiger partial charge >= 0.3 is 0 Å². The van der Waals surface area contributed by atoms with Gasteiger partial charge in [-0.2, -0.15) is 0 Å². The highest BCUT2D eigenvalue weighted by atomic mass is 16.6. The lowest BCUT2D eigenvalue weighted by atomic mass is 10.2. The topological polar surface area (TPSA) is 12.5 Å². The molecule has 0 aromatic rings. The maximum absolute atomic E-state index is 5.22. The van der Waals surface area contributed by atoms with Crippen LogP contribution in [0.25, 0.3) is 0 Å². The van der Waals surface area contributed by atoms with Crippen LogP contribution in [0.3, 0.4) is 0 Å². The van der Waals surface area contributed by atoms with Crippen LogP contribution in [-0.2, 0) is 4.74 Å². The van der Waals surface area contributed by atoms with Gasteiger partial charge in [-0.1, -0.05) is 36.5 Å². The van der Waals surface area contributed by atoms with Crippen molar-refractivity contribution in [2.24, 2.45) is 0 Å². The van der Waals surface area contributed by atoms with Crippen LogP contribution in [0.4, 0.5) is 0 Å². The van der Waals surface area contributed by atoms with Gasteiger partial charge in [0.1, 0.15) is 12.2 Å². The van der Waals surface area contributed by atoms with Gasteiger partial charge in [-0.15, -0.1) is 0 Å². The van der Waals surface area contributed by atoms with Crippen molar-refractivity contribution >= 4 is 0 Å². The van der Waals surface area contributed by atoms with E-state index in [1.165, 1.54) is 0 Å². The minimum absolute atomic E-state index is 0.367. The molecule has 1 aliphatic carbocycles. The molecule has 2 aliphatic rings. The summed E-state index contributed by atoms with van der Waals surface area (Å²) in [6, 6.07) is 0. The maximum atomic E-state index is 5.22. The lowest BCUT2D eigenvalue weighted by molar-refractivity contribution is 0.413. The highest BCUT2D eigenvalue weighted by Gasteiger charge is 2.33. The van der Waals surface area contributed by atoms with Crippen LogP contribution in [-0.4, -0.2) is 12.2 Å². The Hall–Kier alpha value is -0.820. The van der Waals surface area contributed by atoms with Crippen LogP contribution < -0.4 is 0 Å². The molecule has 0 aromatic carbocycles. The van der Waals surface area contributed by atoms with E-state index in [0.717, 1.165) is 0 Å². The molecule has 0 spiro atoms. The van der Waals surface area contributed by atoms with Crippen LogP contribution >= 0.6 is 0 Å². The average molecular weight is 120 g/mol. The number of fused-ring (bicyclic) bond motifs is 1. The normalized spacial score (nSPS) is 40.9. The SMILES string of the molecule is C1=C/C=C/[C@H]2O[C@H]2C=C1. The molecule has 1 aliphatic heterocycles. The predicted octanol–water partition coefficient (Wildman–Crippen LogP) is 1.44. The number of ether oxygens (including phenoxy) is 1. The number of hydrogen-bond donors (Lipinski definition) is 0. The Labute approximate surface area is 54.3 Å². The zero-order valence-electron chi connectivity index (χ0n) is 5.03. The summed E-state index contributed by atoms with van der Waals surface area (Å²) in [6.07, 6.45) is 12.9. The van der Waals surface area contributed by atoms with Gasteiger partial charge in [0.2, 0.25) is 0 Å². The first-order chi connectivity index (χ1) is 4.47. The molecule has 1 heteroatoms. The molecule has 0 aromatic heterocycles. The van der Waals surface area contributed by atoms with Crippen LogP contribution in [0.1, 0.15) is 0 Å². The summed E-state index contributed by atoms with van der Waals surface area (Å²) >= 11 is 0. The van der Waals surface area contributed by atoms with E-state index in [4.69, 9.17) is 4.74 Å². The first-order valence-electron chi connectivity index (χ1n) is 3.14. The zero-order chi connectivity index (χ0) is 6.10. The van der Waals surface area contributed by atoms with Gasteiger partial charge in [0.25, 0.3) is 0 Å². The van der Waals surface area contributed by atoms with E-state index in [2.05, 4.69) is 12.2 Å². The number of hydrogen-bond acceptors (Lipinski definition) is 1. The third-order valence-corrected chi connectivity index (χ3v) is 1.50. The summed E-state index contributed by atoms with van der Waals surface area (Å²) in [6.45, 7) is 0. The molecule has 2 atom stereocenters. The first-order valence-corrected chi connectivity index (χ1v) is 3.14. The second-order valence-electron chi connectivity index (χ2n) is 2.22. The Morgan fingerprint density at radius 2 is 1.33 bits per heavy atom. The van der Waals surface area contributed by atoms with E-state index in [-0.39, 0.29) is 0 Å². The monoisotopic (exact) mass is 120 g/mol. The molecule has 46 valence electrons. The van der Waals surface area contributed by atoms with Crippen LogP contribution in [0.15, 0.2) is 36.5 Å². The third-order valence-electron chi connectivity index (χ3n) is 1.50. The van der Waals surface area contributed by atoms with Crippen LogP contribution in [0.5, 0.6) is 0 Å². The standard InChI is InChI=1S/C8H8O/c1-2-4-6-8-7(9-8)5-3-1/h1-8H/b2-1?,5-3+,6-4?/t7-,8+/m1/s1. The Balaban J connectivity index is 2.19. The first kappa shape index (κ1) is 5.00. The van der Waals surface area contributed by atoms with Crippen molar-refractivity contribution < 1.29 is 4.74 Å². The summed E-state index contributed by atoms with van der Waals surface area (Å²) in [5, 5.41) is 0. The van der Waals surface area contributed by atoms with Gasteiger partial charge in [0, 0.05) is 0 Å². The van der Waals surface area contributed by atoms with Crippen LogP contribution in [0, 0.1) is 0 Å². The fraction of sp³-hybridized carbons (Fsp3) is 0.250. The smallest absolute Gasteiger partial charge is 0.107 e. The zero-order valence-corrected chi connectivity index (χ0v) is 5.03. The second kappa shape index (κ2) is 1.85. The third kappa shape index (κ3) is 0.958. The van der Waals surface area contributed by atoms with Gasteiger partial charge < -0.3 is 4.74 Å². The molecule has 1 saturated heterocycles. The minimum Gasteiger partial charge on any atom is -0.361 e. The molecule has 1 heterocycles. The summed E-state index contributed by atoms with van der Waals surface area (Å²) in [7, 11) is 0. The highest BCUT2D eigenvalue weighted by molar-refractivity contribution is 5.22. The van der Waals surface area contributed by atoms with Gasteiger partial charge in [-0.25, -0.2) is 0 Å².